The number of hydrogen-bond acceptors (Lipinski definition) is 6. The summed E-state index contributed by atoms with van der Waals surface area (Å²) in [5.74, 6) is 0.650. The molecule has 3 aromatic rings. The molecule has 1 unspecified atom stereocenters. The monoisotopic (exact) mass is 329 g/mol. The fraction of sp³-hybridized carbons (Fsp3) is 0.188. The Morgan fingerprint density at radius 2 is 2.09 bits per heavy atom. The lowest BCUT2D eigenvalue weighted by Gasteiger charge is -2.12. The minimum absolute atomic E-state index is 0.0552. The van der Waals surface area contributed by atoms with Crippen LogP contribution in [-0.2, 0) is 4.79 Å². The zero-order valence-corrected chi connectivity index (χ0v) is 13.5. The summed E-state index contributed by atoms with van der Waals surface area (Å²) >= 11 is 1.51. The van der Waals surface area contributed by atoms with Crippen molar-refractivity contribution in [2.45, 2.75) is 20.0 Å². The molecular formula is C16H15N3O3S. The highest BCUT2D eigenvalue weighted by molar-refractivity contribution is 7.13. The van der Waals surface area contributed by atoms with Gasteiger partial charge in [0.2, 0.25) is 0 Å². The number of nitrogens with zero attached hydrogens (tertiary/aromatic N) is 2. The largest absolute Gasteiger partial charge is 0.481 e. The predicted octanol–water partition coefficient (Wildman–Crippen LogP) is 3.51. The van der Waals surface area contributed by atoms with Gasteiger partial charge in [0.05, 0.1) is 4.88 Å². The first-order valence-electron chi connectivity index (χ1n) is 7.03. The molecule has 7 heteroatoms. The molecule has 0 aliphatic rings. The van der Waals surface area contributed by atoms with Crippen LogP contribution in [0.25, 0.3) is 10.8 Å². The molecule has 0 aliphatic heterocycles. The van der Waals surface area contributed by atoms with E-state index < -0.39 is 6.10 Å². The maximum absolute atomic E-state index is 12.1. The highest BCUT2D eigenvalue weighted by Gasteiger charge is 2.18. The summed E-state index contributed by atoms with van der Waals surface area (Å²) in [5, 5.41) is 12.3. The van der Waals surface area contributed by atoms with Crippen LogP contribution in [-0.4, -0.2) is 22.2 Å². The van der Waals surface area contributed by atoms with E-state index in [1.54, 1.807) is 19.1 Å². The molecular weight excluding hydrogens is 314 g/mol. The molecule has 1 N–H and O–H groups in total. The number of hydrogen-bond donors (Lipinski definition) is 1. The first-order valence-corrected chi connectivity index (χ1v) is 7.91. The van der Waals surface area contributed by atoms with E-state index in [0.29, 0.717) is 11.6 Å². The van der Waals surface area contributed by atoms with Gasteiger partial charge in [-0.3, -0.25) is 10.1 Å². The maximum atomic E-state index is 12.1. The van der Waals surface area contributed by atoms with Crippen molar-refractivity contribution in [3.63, 3.8) is 0 Å². The van der Waals surface area contributed by atoms with Gasteiger partial charge in [-0.15, -0.1) is 16.4 Å². The maximum Gasteiger partial charge on any atom is 0.322 e. The molecule has 3 rings (SSSR count). The molecule has 0 bridgehead atoms. The third-order valence-corrected chi connectivity index (χ3v) is 4.06. The van der Waals surface area contributed by atoms with Crippen LogP contribution in [0.4, 0.5) is 6.01 Å². The summed E-state index contributed by atoms with van der Waals surface area (Å²) in [6.45, 7) is 3.64. The summed E-state index contributed by atoms with van der Waals surface area (Å²) in [5.41, 5.74) is 1.12. The zero-order valence-electron chi connectivity index (χ0n) is 12.6. The summed E-state index contributed by atoms with van der Waals surface area (Å²) < 4.78 is 11.0. The van der Waals surface area contributed by atoms with Crippen molar-refractivity contribution in [3.05, 3.63) is 47.3 Å². The lowest BCUT2D eigenvalue weighted by Crippen LogP contribution is -2.30. The number of aryl methyl sites for hydroxylation is 1. The molecule has 1 aromatic carbocycles. The summed E-state index contributed by atoms with van der Waals surface area (Å²) in [7, 11) is 0. The fourth-order valence-corrected chi connectivity index (χ4v) is 2.70. The number of anilines is 1. The van der Waals surface area contributed by atoms with Crippen LogP contribution >= 0.6 is 11.3 Å². The van der Waals surface area contributed by atoms with E-state index in [0.717, 1.165) is 10.4 Å². The number of rotatable bonds is 5. The second-order valence-electron chi connectivity index (χ2n) is 4.96. The van der Waals surface area contributed by atoms with E-state index >= 15 is 0 Å². The minimum atomic E-state index is -0.684. The van der Waals surface area contributed by atoms with Gasteiger partial charge < -0.3 is 9.15 Å². The van der Waals surface area contributed by atoms with Crippen molar-refractivity contribution >= 4 is 23.3 Å². The normalized spacial score (nSPS) is 11.9. The van der Waals surface area contributed by atoms with Crippen molar-refractivity contribution in [3.8, 4) is 16.5 Å². The molecule has 0 fully saturated rings. The molecule has 0 spiro atoms. The number of para-hydroxylation sites is 1. The van der Waals surface area contributed by atoms with Crippen LogP contribution in [0.2, 0.25) is 0 Å². The van der Waals surface area contributed by atoms with Gasteiger partial charge in [-0.1, -0.05) is 23.3 Å². The Morgan fingerprint density at radius 1 is 1.30 bits per heavy atom. The van der Waals surface area contributed by atoms with Crippen LogP contribution in [0.1, 0.15) is 12.5 Å². The molecule has 0 saturated heterocycles. The highest BCUT2D eigenvalue weighted by atomic mass is 32.1. The third kappa shape index (κ3) is 3.75. The van der Waals surface area contributed by atoms with E-state index in [1.807, 2.05) is 36.6 Å². The van der Waals surface area contributed by atoms with E-state index in [4.69, 9.17) is 9.15 Å². The Labute approximate surface area is 137 Å². The number of carbonyl (C=O) groups is 1. The number of thiophene rings is 1. The quantitative estimate of drug-likeness (QED) is 0.775. The lowest BCUT2D eigenvalue weighted by atomic mass is 10.3. The Hall–Kier alpha value is -2.67. The standard InChI is InChI=1S/C16H15N3O3S/c1-10-8-13(23-9-10)15-18-19-16(22-15)17-14(20)11(2)21-12-6-4-3-5-7-12/h3-9,11H,1-2H3,(H,17,19,20). The highest BCUT2D eigenvalue weighted by Crippen LogP contribution is 2.26. The van der Waals surface area contributed by atoms with E-state index in [9.17, 15) is 4.79 Å². The number of ether oxygens (including phenoxy) is 1. The van der Waals surface area contributed by atoms with Crippen LogP contribution in [0, 0.1) is 6.92 Å². The van der Waals surface area contributed by atoms with Crippen LogP contribution < -0.4 is 10.1 Å². The minimum Gasteiger partial charge on any atom is -0.481 e. The van der Waals surface area contributed by atoms with Crippen LogP contribution in [0.5, 0.6) is 5.75 Å². The van der Waals surface area contributed by atoms with E-state index in [2.05, 4.69) is 15.5 Å². The van der Waals surface area contributed by atoms with Crippen LogP contribution in [0.3, 0.4) is 0 Å². The smallest absolute Gasteiger partial charge is 0.322 e. The molecule has 0 saturated carbocycles. The van der Waals surface area contributed by atoms with Gasteiger partial charge in [0.1, 0.15) is 5.75 Å². The Balaban J connectivity index is 1.63. The summed E-state index contributed by atoms with van der Waals surface area (Å²) in [6, 6.07) is 11.1. The molecule has 0 aliphatic carbocycles. The van der Waals surface area contributed by atoms with Crippen molar-refractivity contribution < 1.29 is 13.9 Å². The van der Waals surface area contributed by atoms with Gasteiger partial charge >= 0.3 is 6.01 Å². The fourth-order valence-electron chi connectivity index (χ4n) is 1.88. The van der Waals surface area contributed by atoms with E-state index in [-0.39, 0.29) is 11.9 Å². The average Bonchev–Trinajstić information content (AvgIpc) is 3.17. The number of aromatic nitrogens is 2. The SMILES string of the molecule is Cc1csc(-c2nnc(NC(=O)C(C)Oc3ccccc3)o2)c1. The molecule has 6 nitrogen and oxygen atoms in total. The van der Waals surface area contributed by atoms with Gasteiger partial charge in [-0.2, -0.15) is 0 Å². The number of benzene rings is 1. The number of carbonyl (C=O) groups excluding carboxylic acids is 1. The predicted molar refractivity (Wildman–Crippen MR) is 87.5 cm³/mol. The van der Waals surface area contributed by atoms with Gasteiger partial charge in [0.25, 0.3) is 11.8 Å². The first-order chi connectivity index (χ1) is 11.1. The molecule has 2 heterocycles. The number of amides is 1. The Kier molecular flexibility index (Phi) is 4.38. The van der Waals surface area contributed by atoms with E-state index in [1.165, 1.54) is 11.3 Å². The third-order valence-electron chi connectivity index (χ3n) is 3.02. The molecule has 23 heavy (non-hydrogen) atoms. The Morgan fingerprint density at radius 3 is 2.78 bits per heavy atom. The van der Waals surface area contributed by atoms with Crippen molar-refractivity contribution in [1.82, 2.24) is 10.2 Å². The van der Waals surface area contributed by atoms with Crippen molar-refractivity contribution in [2.24, 2.45) is 0 Å². The summed E-state index contributed by atoms with van der Waals surface area (Å²) in [6.07, 6.45) is -0.684. The second-order valence-corrected chi connectivity index (χ2v) is 5.87. The average molecular weight is 329 g/mol. The first kappa shape index (κ1) is 15.2. The number of nitrogens with one attached hydrogen (secondary N) is 1. The molecule has 1 atom stereocenters. The van der Waals surface area contributed by atoms with Crippen molar-refractivity contribution in [2.75, 3.05) is 5.32 Å². The van der Waals surface area contributed by atoms with Gasteiger partial charge in [0, 0.05) is 0 Å². The van der Waals surface area contributed by atoms with Crippen LogP contribution in [0.15, 0.2) is 46.2 Å². The van der Waals surface area contributed by atoms with Crippen molar-refractivity contribution in [1.29, 1.82) is 0 Å². The molecule has 118 valence electrons. The Bertz CT molecular complexity index is 798. The molecule has 1 amide bonds. The van der Waals surface area contributed by atoms with Gasteiger partial charge in [0.15, 0.2) is 6.10 Å². The topological polar surface area (TPSA) is 77.2 Å². The molecule has 2 aromatic heterocycles. The lowest BCUT2D eigenvalue weighted by molar-refractivity contribution is -0.122. The summed E-state index contributed by atoms with van der Waals surface area (Å²) in [4.78, 5) is 13.0. The zero-order chi connectivity index (χ0) is 16.2. The van der Waals surface area contributed by atoms with Gasteiger partial charge in [-0.25, -0.2) is 0 Å². The second kappa shape index (κ2) is 6.62. The molecule has 0 radical (unpaired) electrons. The van der Waals surface area contributed by atoms with Gasteiger partial charge in [-0.05, 0) is 43.0 Å².